The Labute approximate surface area is 104 Å². The lowest BCUT2D eigenvalue weighted by Gasteiger charge is -2.17. The van der Waals surface area contributed by atoms with Crippen molar-refractivity contribution in [3.05, 3.63) is 11.7 Å². The molecule has 1 N–H and O–H groups in total. The van der Waals surface area contributed by atoms with Crippen LogP contribution in [0.15, 0.2) is 4.52 Å². The minimum atomic E-state index is -4.19. The fourth-order valence-corrected chi connectivity index (χ4v) is 1.59. The number of rotatable bonds is 6. The number of nitrogens with one attached hydrogen (secondary N) is 1. The maximum atomic E-state index is 12.0. The molecule has 1 aromatic heterocycles. The van der Waals surface area contributed by atoms with Crippen molar-refractivity contribution in [2.75, 3.05) is 7.05 Å². The first-order chi connectivity index (χ1) is 8.31. The van der Waals surface area contributed by atoms with Crippen LogP contribution in [-0.4, -0.2) is 29.4 Å². The highest BCUT2D eigenvalue weighted by atomic mass is 19.4. The van der Waals surface area contributed by atoms with Gasteiger partial charge in [0, 0.05) is 18.9 Å². The highest BCUT2D eigenvalue weighted by Crippen LogP contribution is 2.21. The third-order valence-electron chi connectivity index (χ3n) is 2.71. The predicted octanol–water partition coefficient (Wildman–Crippen LogP) is 2.35. The Bertz CT molecular complexity index is 363. The Morgan fingerprint density at radius 2 is 2.00 bits per heavy atom. The molecule has 0 aliphatic heterocycles. The van der Waals surface area contributed by atoms with Gasteiger partial charge in [0.1, 0.15) is 0 Å². The van der Waals surface area contributed by atoms with Crippen molar-refractivity contribution >= 4 is 0 Å². The molecule has 0 aromatic carbocycles. The van der Waals surface area contributed by atoms with Gasteiger partial charge in [0.25, 0.3) is 0 Å². The number of hydrogen-bond acceptors (Lipinski definition) is 4. The van der Waals surface area contributed by atoms with Crippen LogP contribution in [0.5, 0.6) is 0 Å². The van der Waals surface area contributed by atoms with Crippen molar-refractivity contribution in [2.45, 2.75) is 45.3 Å². The van der Waals surface area contributed by atoms with Crippen LogP contribution in [0.2, 0.25) is 0 Å². The lowest BCUT2D eigenvalue weighted by atomic mass is 10.0. The van der Waals surface area contributed by atoms with Gasteiger partial charge < -0.3 is 9.84 Å². The quantitative estimate of drug-likeness (QED) is 0.857. The Balaban J connectivity index is 2.52. The van der Waals surface area contributed by atoms with E-state index in [-0.39, 0.29) is 18.3 Å². The molecule has 0 aliphatic rings. The van der Waals surface area contributed by atoms with Crippen molar-refractivity contribution < 1.29 is 17.7 Å². The predicted molar refractivity (Wildman–Crippen MR) is 60.1 cm³/mol. The van der Waals surface area contributed by atoms with E-state index in [2.05, 4.69) is 15.5 Å². The van der Waals surface area contributed by atoms with Crippen LogP contribution in [0.1, 0.15) is 32.0 Å². The summed E-state index contributed by atoms with van der Waals surface area (Å²) >= 11 is 0. The molecule has 0 saturated heterocycles. The van der Waals surface area contributed by atoms with E-state index >= 15 is 0 Å². The van der Waals surface area contributed by atoms with Gasteiger partial charge in [-0.3, -0.25) is 0 Å². The molecular weight excluding hydrogens is 247 g/mol. The van der Waals surface area contributed by atoms with Crippen LogP contribution >= 0.6 is 0 Å². The number of nitrogens with zero attached hydrogens (tertiary/aromatic N) is 2. The maximum Gasteiger partial charge on any atom is 0.389 e. The molecule has 1 heterocycles. The highest BCUT2D eigenvalue weighted by Gasteiger charge is 2.27. The number of halogens is 3. The first-order valence-electron chi connectivity index (χ1n) is 5.87. The molecule has 104 valence electrons. The summed E-state index contributed by atoms with van der Waals surface area (Å²) in [5, 5.41) is 6.66. The van der Waals surface area contributed by atoms with Crippen molar-refractivity contribution in [1.29, 1.82) is 0 Å². The van der Waals surface area contributed by atoms with E-state index in [0.717, 1.165) is 0 Å². The first kappa shape index (κ1) is 14.9. The molecule has 1 unspecified atom stereocenters. The van der Waals surface area contributed by atoms with E-state index in [1.807, 2.05) is 20.9 Å². The molecule has 1 atom stereocenters. The molecule has 0 radical (unpaired) electrons. The summed E-state index contributed by atoms with van der Waals surface area (Å²) in [6.45, 7) is 4.09. The van der Waals surface area contributed by atoms with Gasteiger partial charge in [-0.05, 0) is 13.0 Å². The summed E-state index contributed by atoms with van der Waals surface area (Å²) in [6, 6.07) is 0.168. The van der Waals surface area contributed by atoms with E-state index in [1.54, 1.807) is 0 Å². The number of likely N-dealkylation sites (N-methyl/N-ethyl adjacent to an activating group) is 1. The topological polar surface area (TPSA) is 51.0 Å². The second-order valence-corrected chi connectivity index (χ2v) is 4.56. The van der Waals surface area contributed by atoms with Crippen LogP contribution in [0, 0.1) is 5.92 Å². The fourth-order valence-electron chi connectivity index (χ4n) is 1.59. The van der Waals surface area contributed by atoms with Crippen LogP contribution in [0.3, 0.4) is 0 Å². The minimum absolute atomic E-state index is 0.112. The second-order valence-electron chi connectivity index (χ2n) is 4.56. The van der Waals surface area contributed by atoms with Gasteiger partial charge in [-0.15, -0.1) is 0 Å². The number of hydrogen-bond donors (Lipinski definition) is 1. The summed E-state index contributed by atoms with van der Waals surface area (Å²) in [4.78, 5) is 3.97. The zero-order chi connectivity index (χ0) is 13.8. The van der Waals surface area contributed by atoms with Gasteiger partial charge in [-0.1, -0.05) is 19.0 Å². The number of aromatic nitrogens is 2. The lowest BCUT2D eigenvalue weighted by Crippen LogP contribution is -2.32. The molecule has 1 aromatic rings. The zero-order valence-corrected chi connectivity index (χ0v) is 10.7. The Morgan fingerprint density at radius 3 is 2.50 bits per heavy atom. The average Bonchev–Trinajstić information content (AvgIpc) is 2.69. The number of aryl methyl sites for hydroxylation is 1. The van der Waals surface area contributed by atoms with Gasteiger partial charge in [0.2, 0.25) is 5.89 Å². The molecule has 0 spiro atoms. The Morgan fingerprint density at radius 1 is 1.33 bits per heavy atom. The fraction of sp³-hybridized carbons (Fsp3) is 0.818. The SMILES string of the molecule is CNC(Cc1nc(CCC(F)(F)F)no1)C(C)C. The standard InChI is InChI=1S/C11H18F3N3O/c1-7(2)8(15-3)6-10-16-9(17-18-10)4-5-11(12,13)14/h7-8,15H,4-6H2,1-3H3. The normalized spacial score (nSPS) is 14.2. The first-order valence-corrected chi connectivity index (χ1v) is 5.87. The van der Waals surface area contributed by atoms with E-state index in [0.29, 0.717) is 18.2 Å². The van der Waals surface area contributed by atoms with Crippen LogP contribution in [0.25, 0.3) is 0 Å². The van der Waals surface area contributed by atoms with Crippen molar-refractivity contribution in [1.82, 2.24) is 15.5 Å². The Kier molecular flexibility index (Phi) is 5.13. The monoisotopic (exact) mass is 265 g/mol. The van der Waals surface area contributed by atoms with Crippen molar-refractivity contribution in [3.8, 4) is 0 Å². The summed E-state index contributed by atoms with van der Waals surface area (Å²) in [6.07, 6.45) is -4.83. The zero-order valence-electron chi connectivity index (χ0n) is 10.7. The van der Waals surface area contributed by atoms with Gasteiger partial charge in [-0.25, -0.2) is 0 Å². The van der Waals surface area contributed by atoms with Crippen LogP contribution < -0.4 is 5.32 Å². The van der Waals surface area contributed by atoms with Crippen molar-refractivity contribution in [2.24, 2.45) is 5.92 Å². The van der Waals surface area contributed by atoms with E-state index in [9.17, 15) is 13.2 Å². The van der Waals surface area contributed by atoms with E-state index in [1.165, 1.54) is 0 Å². The molecule has 7 heteroatoms. The van der Waals surface area contributed by atoms with E-state index < -0.39 is 12.6 Å². The molecule has 0 saturated carbocycles. The molecule has 0 aliphatic carbocycles. The van der Waals surface area contributed by atoms with Crippen LogP contribution in [-0.2, 0) is 12.8 Å². The summed E-state index contributed by atoms with van der Waals surface area (Å²) in [5.41, 5.74) is 0. The number of alkyl halides is 3. The minimum Gasteiger partial charge on any atom is -0.339 e. The van der Waals surface area contributed by atoms with Crippen LogP contribution in [0.4, 0.5) is 13.2 Å². The molecule has 4 nitrogen and oxygen atoms in total. The molecule has 1 rings (SSSR count). The summed E-state index contributed by atoms with van der Waals surface area (Å²) < 4.78 is 41.0. The smallest absolute Gasteiger partial charge is 0.339 e. The maximum absolute atomic E-state index is 12.0. The molecule has 18 heavy (non-hydrogen) atoms. The third-order valence-corrected chi connectivity index (χ3v) is 2.71. The van der Waals surface area contributed by atoms with Gasteiger partial charge in [0.15, 0.2) is 5.82 Å². The average molecular weight is 265 g/mol. The second kappa shape index (κ2) is 6.17. The molecule has 0 amide bonds. The molecule has 0 fully saturated rings. The summed E-state index contributed by atoms with van der Waals surface area (Å²) in [5.74, 6) is 0.863. The van der Waals surface area contributed by atoms with Crippen molar-refractivity contribution in [3.63, 3.8) is 0 Å². The molecule has 0 bridgehead atoms. The Hall–Kier alpha value is -1.11. The van der Waals surface area contributed by atoms with Gasteiger partial charge in [-0.2, -0.15) is 18.2 Å². The third kappa shape index (κ3) is 5.03. The van der Waals surface area contributed by atoms with E-state index in [4.69, 9.17) is 4.52 Å². The summed E-state index contributed by atoms with van der Waals surface area (Å²) in [7, 11) is 1.82. The largest absolute Gasteiger partial charge is 0.389 e. The highest BCUT2D eigenvalue weighted by molar-refractivity contribution is 4.90. The lowest BCUT2D eigenvalue weighted by molar-refractivity contribution is -0.134. The van der Waals surface area contributed by atoms with Gasteiger partial charge >= 0.3 is 6.18 Å². The van der Waals surface area contributed by atoms with Gasteiger partial charge in [0.05, 0.1) is 6.42 Å². The molecular formula is C11H18F3N3O.